The van der Waals surface area contributed by atoms with Gasteiger partial charge in [0.25, 0.3) is 15.9 Å². The molecule has 140 valence electrons. The number of nitrogens with one attached hydrogen (secondary N) is 2. The molecule has 27 heavy (non-hydrogen) atoms. The van der Waals surface area contributed by atoms with E-state index in [1.165, 1.54) is 24.6 Å². The lowest BCUT2D eigenvalue weighted by atomic mass is 10.3. The summed E-state index contributed by atoms with van der Waals surface area (Å²) in [5.41, 5.74) is 0.718. The van der Waals surface area contributed by atoms with Crippen molar-refractivity contribution in [1.29, 1.82) is 0 Å². The monoisotopic (exact) mass is 467 g/mol. The van der Waals surface area contributed by atoms with Gasteiger partial charge in [-0.1, -0.05) is 22.0 Å². The summed E-state index contributed by atoms with van der Waals surface area (Å²) < 4.78 is 33.0. The maximum Gasteiger partial charge on any atom is 0.275 e. The van der Waals surface area contributed by atoms with Gasteiger partial charge in [-0.25, -0.2) is 13.4 Å². The van der Waals surface area contributed by atoms with Crippen LogP contribution in [-0.2, 0) is 10.0 Å². The predicted octanol–water partition coefficient (Wildman–Crippen LogP) is 3.97. The van der Waals surface area contributed by atoms with Crippen LogP contribution in [0.4, 0.5) is 10.8 Å². The van der Waals surface area contributed by atoms with Crippen LogP contribution in [0, 0.1) is 0 Å². The molecule has 0 saturated carbocycles. The van der Waals surface area contributed by atoms with Crippen LogP contribution in [0.25, 0.3) is 0 Å². The summed E-state index contributed by atoms with van der Waals surface area (Å²) >= 11 is 4.35. The summed E-state index contributed by atoms with van der Waals surface area (Å²) in [6.07, 6.45) is 0. The molecular formula is C17H14BrN3O4S2. The fourth-order valence-electron chi connectivity index (χ4n) is 2.12. The van der Waals surface area contributed by atoms with E-state index in [1.54, 1.807) is 30.3 Å². The second-order valence-electron chi connectivity index (χ2n) is 5.28. The Hall–Kier alpha value is -2.43. The Bertz CT molecular complexity index is 1070. The first-order chi connectivity index (χ1) is 12.9. The Balaban J connectivity index is 1.72. The molecule has 10 heteroatoms. The minimum Gasteiger partial charge on any atom is -0.497 e. The van der Waals surface area contributed by atoms with E-state index in [2.05, 4.69) is 31.0 Å². The van der Waals surface area contributed by atoms with E-state index in [-0.39, 0.29) is 15.7 Å². The second kappa shape index (κ2) is 8.07. The highest BCUT2D eigenvalue weighted by Crippen LogP contribution is 2.23. The number of rotatable bonds is 6. The van der Waals surface area contributed by atoms with Gasteiger partial charge in [0.2, 0.25) is 0 Å². The number of benzene rings is 2. The number of nitrogens with zero attached hydrogens (tertiary/aromatic N) is 1. The Kier molecular flexibility index (Phi) is 5.78. The third-order valence-electron chi connectivity index (χ3n) is 3.41. The van der Waals surface area contributed by atoms with E-state index >= 15 is 0 Å². The van der Waals surface area contributed by atoms with Crippen LogP contribution in [0.3, 0.4) is 0 Å². The smallest absolute Gasteiger partial charge is 0.275 e. The van der Waals surface area contributed by atoms with Crippen LogP contribution in [0.5, 0.6) is 5.75 Å². The zero-order chi connectivity index (χ0) is 19.4. The second-order valence-corrected chi connectivity index (χ2v) is 8.74. The first kappa shape index (κ1) is 19.3. The first-order valence-corrected chi connectivity index (χ1v) is 10.7. The van der Waals surface area contributed by atoms with E-state index < -0.39 is 15.9 Å². The van der Waals surface area contributed by atoms with Crippen molar-refractivity contribution in [3.8, 4) is 5.75 Å². The molecule has 0 atom stereocenters. The number of methoxy groups -OCH3 is 1. The van der Waals surface area contributed by atoms with Crippen molar-refractivity contribution in [1.82, 2.24) is 4.98 Å². The maximum atomic E-state index is 12.4. The molecule has 3 aromatic rings. The third-order valence-corrected chi connectivity index (χ3v) is 6.15. The summed E-state index contributed by atoms with van der Waals surface area (Å²) in [7, 11) is -2.31. The molecule has 0 bridgehead atoms. The quantitative estimate of drug-likeness (QED) is 0.571. The normalized spacial score (nSPS) is 11.0. The molecule has 0 spiro atoms. The number of hydrogen-bond acceptors (Lipinski definition) is 6. The minimum atomic E-state index is -3.81. The van der Waals surface area contributed by atoms with Gasteiger partial charge >= 0.3 is 0 Å². The summed E-state index contributed by atoms with van der Waals surface area (Å²) in [6.45, 7) is 0. The highest BCUT2D eigenvalue weighted by molar-refractivity contribution is 9.10. The van der Waals surface area contributed by atoms with Crippen molar-refractivity contribution in [3.05, 3.63) is 64.1 Å². The van der Waals surface area contributed by atoms with Gasteiger partial charge in [0.05, 0.1) is 12.0 Å². The molecule has 0 aliphatic carbocycles. The van der Waals surface area contributed by atoms with Crippen molar-refractivity contribution in [2.75, 3.05) is 17.1 Å². The molecule has 1 amide bonds. The number of carbonyl (C=O) groups is 1. The van der Waals surface area contributed by atoms with Crippen LogP contribution in [0.15, 0.2) is 63.3 Å². The first-order valence-electron chi connectivity index (χ1n) is 7.57. The maximum absolute atomic E-state index is 12.4. The minimum absolute atomic E-state index is 0.0682. The summed E-state index contributed by atoms with van der Waals surface area (Å²) in [5.74, 6) is 0.119. The van der Waals surface area contributed by atoms with E-state index in [9.17, 15) is 13.2 Å². The van der Waals surface area contributed by atoms with Gasteiger partial charge in [-0.3, -0.25) is 9.52 Å². The molecule has 1 aromatic heterocycles. The molecule has 0 radical (unpaired) electrons. The molecule has 0 unspecified atom stereocenters. The summed E-state index contributed by atoms with van der Waals surface area (Å²) in [5, 5.41) is 4.29. The number of anilines is 2. The fourth-order valence-corrected chi connectivity index (χ4v) is 4.46. The molecule has 1 heterocycles. The van der Waals surface area contributed by atoms with Gasteiger partial charge < -0.3 is 10.1 Å². The molecule has 2 N–H and O–H groups in total. The molecule has 0 aliphatic rings. The van der Waals surface area contributed by atoms with Gasteiger partial charge in [0, 0.05) is 15.5 Å². The number of hydrogen-bond donors (Lipinski definition) is 2. The van der Waals surface area contributed by atoms with E-state index in [4.69, 9.17) is 4.74 Å². The highest BCUT2D eigenvalue weighted by atomic mass is 79.9. The van der Waals surface area contributed by atoms with Crippen LogP contribution in [0.2, 0.25) is 0 Å². The van der Waals surface area contributed by atoms with Crippen molar-refractivity contribution < 1.29 is 17.9 Å². The molecule has 2 aromatic carbocycles. The van der Waals surface area contributed by atoms with Crippen LogP contribution >= 0.6 is 27.3 Å². The lowest BCUT2D eigenvalue weighted by molar-refractivity contribution is 0.102. The number of carbonyl (C=O) groups excluding carboxylic acids is 1. The largest absolute Gasteiger partial charge is 0.497 e. The average molecular weight is 468 g/mol. The fraction of sp³-hybridized carbons (Fsp3) is 0.0588. The number of aromatic nitrogens is 1. The number of ether oxygens (including phenoxy) is 1. The van der Waals surface area contributed by atoms with Crippen molar-refractivity contribution in [2.24, 2.45) is 0 Å². The molecule has 0 aliphatic heterocycles. The van der Waals surface area contributed by atoms with E-state index in [1.807, 2.05) is 6.07 Å². The third kappa shape index (κ3) is 4.85. The van der Waals surface area contributed by atoms with E-state index in [0.717, 1.165) is 15.8 Å². The number of halogens is 1. The molecule has 7 nitrogen and oxygen atoms in total. The summed E-state index contributed by atoms with van der Waals surface area (Å²) in [6, 6.07) is 13.1. The topological polar surface area (TPSA) is 97.4 Å². The standard InChI is InChI=1S/C17H14BrN3O4S2/c1-25-13-5-7-14(8-6-13)27(23,24)21-17-20-15(10-26-17)16(22)19-12-4-2-3-11(18)9-12/h2-10H,1H3,(H,19,22)(H,20,21). The molecule has 0 saturated heterocycles. The van der Waals surface area contributed by atoms with Gasteiger partial charge in [-0.05, 0) is 42.5 Å². The molecule has 0 fully saturated rings. The summed E-state index contributed by atoms with van der Waals surface area (Å²) in [4.78, 5) is 16.4. The zero-order valence-electron chi connectivity index (χ0n) is 14.0. The van der Waals surface area contributed by atoms with Crippen molar-refractivity contribution in [2.45, 2.75) is 4.90 Å². The Morgan fingerprint density at radius 2 is 1.93 bits per heavy atom. The van der Waals surface area contributed by atoms with Gasteiger partial charge in [-0.15, -0.1) is 11.3 Å². The van der Waals surface area contributed by atoms with Gasteiger partial charge in [0.1, 0.15) is 11.4 Å². The van der Waals surface area contributed by atoms with Crippen LogP contribution in [0.1, 0.15) is 10.5 Å². The lowest BCUT2D eigenvalue weighted by Gasteiger charge is -2.06. The van der Waals surface area contributed by atoms with Crippen LogP contribution in [-0.4, -0.2) is 26.4 Å². The Morgan fingerprint density at radius 1 is 1.19 bits per heavy atom. The van der Waals surface area contributed by atoms with Gasteiger partial charge in [0.15, 0.2) is 5.13 Å². The van der Waals surface area contributed by atoms with E-state index in [0.29, 0.717) is 11.4 Å². The zero-order valence-corrected chi connectivity index (χ0v) is 17.2. The lowest BCUT2D eigenvalue weighted by Crippen LogP contribution is -2.14. The number of sulfonamides is 1. The van der Waals surface area contributed by atoms with Crippen LogP contribution < -0.4 is 14.8 Å². The van der Waals surface area contributed by atoms with Crippen molar-refractivity contribution in [3.63, 3.8) is 0 Å². The highest BCUT2D eigenvalue weighted by Gasteiger charge is 2.18. The molecule has 3 rings (SSSR count). The number of amides is 1. The Labute approximate surface area is 168 Å². The van der Waals surface area contributed by atoms with Crippen molar-refractivity contribution >= 4 is 54.0 Å². The molecular weight excluding hydrogens is 454 g/mol. The Morgan fingerprint density at radius 3 is 2.59 bits per heavy atom. The van der Waals surface area contributed by atoms with Gasteiger partial charge in [-0.2, -0.15) is 0 Å². The average Bonchev–Trinajstić information content (AvgIpc) is 3.10. The SMILES string of the molecule is COc1ccc(S(=O)(=O)Nc2nc(C(=O)Nc3cccc(Br)c3)cs2)cc1. The predicted molar refractivity (Wildman–Crippen MR) is 108 cm³/mol. The number of thiazole rings is 1.